The number of carbonyl (C=O) groups is 1. The second kappa shape index (κ2) is 6.63. The van der Waals surface area contributed by atoms with E-state index in [2.05, 4.69) is 32.0 Å². The van der Waals surface area contributed by atoms with Gasteiger partial charge in [0.05, 0.1) is 6.54 Å². The summed E-state index contributed by atoms with van der Waals surface area (Å²) in [4.78, 5) is 21.9. The van der Waals surface area contributed by atoms with Crippen LogP contribution in [0.4, 0.5) is 0 Å². The molecule has 0 spiro atoms. The van der Waals surface area contributed by atoms with Gasteiger partial charge in [0.1, 0.15) is 18.1 Å². The zero-order valence-corrected chi connectivity index (χ0v) is 11.8. The highest BCUT2D eigenvalue weighted by atomic mass is 16.2. The molecule has 0 fully saturated rings. The van der Waals surface area contributed by atoms with Gasteiger partial charge < -0.3 is 10.0 Å². The Kier molecular flexibility index (Phi) is 4.64. The molecule has 7 heteroatoms. The highest BCUT2D eigenvalue weighted by molar-refractivity contribution is 5.92. The molecule has 21 heavy (non-hydrogen) atoms. The number of hydrogen-bond donors (Lipinski definition) is 2. The zero-order chi connectivity index (χ0) is 15.2. The molecular formula is C14H15N5O2. The number of aliphatic hydroxyl groups is 1. The maximum atomic E-state index is 12.2. The minimum Gasteiger partial charge on any atom is -0.384 e. The summed E-state index contributed by atoms with van der Waals surface area (Å²) >= 11 is 0. The first kappa shape index (κ1) is 14.7. The van der Waals surface area contributed by atoms with Gasteiger partial charge in [-0.1, -0.05) is 11.8 Å². The second-order valence-electron chi connectivity index (χ2n) is 4.39. The van der Waals surface area contributed by atoms with Gasteiger partial charge in [0.15, 0.2) is 5.82 Å². The van der Waals surface area contributed by atoms with E-state index in [1.165, 1.54) is 11.1 Å². The van der Waals surface area contributed by atoms with E-state index in [1.54, 1.807) is 26.1 Å². The molecule has 0 saturated carbocycles. The Labute approximate surface area is 122 Å². The van der Waals surface area contributed by atoms with Gasteiger partial charge in [-0.05, 0) is 19.1 Å². The number of rotatable bonds is 3. The summed E-state index contributed by atoms with van der Waals surface area (Å²) < 4.78 is 0. The molecule has 0 aliphatic heterocycles. The molecule has 0 atom stereocenters. The first-order chi connectivity index (χ1) is 10.1. The Balaban J connectivity index is 2.05. The molecule has 108 valence electrons. The fourth-order valence-electron chi connectivity index (χ4n) is 1.68. The lowest BCUT2D eigenvalue weighted by Gasteiger charge is -2.14. The fourth-order valence-corrected chi connectivity index (χ4v) is 1.68. The lowest BCUT2D eigenvalue weighted by atomic mass is 10.2. The van der Waals surface area contributed by atoms with E-state index in [9.17, 15) is 4.79 Å². The first-order valence-electron chi connectivity index (χ1n) is 6.29. The summed E-state index contributed by atoms with van der Waals surface area (Å²) in [6.45, 7) is 1.89. The van der Waals surface area contributed by atoms with Crippen LogP contribution in [0.5, 0.6) is 0 Å². The average Bonchev–Trinajstić information content (AvgIpc) is 2.90. The number of amides is 1. The van der Waals surface area contributed by atoms with Crippen molar-refractivity contribution in [3.63, 3.8) is 0 Å². The van der Waals surface area contributed by atoms with Crippen molar-refractivity contribution in [1.29, 1.82) is 0 Å². The summed E-state index contributed by atoms with van der Waals surface area (Å²) in [7, 11) is 1.66. The number of nitrogens with zero attached hydrogens (tertiary/aromatic N) is 4. The molecule has 2 aromatic rings. The van der Waals surface area contributed by atoms with Crippen LogP contribution in [0.15, 0.2) is 18.3 Å². The third-order valence-corrected chi connectivity index (χ3v) is 2.66. The number of aliphatic hydroxyl groups excluding tert-OH is 1. The molecule has 0 bridgehead atoms. The Morgan fingerprint density at radius 2 is 2.29 bits per heavy atom. The number of nitrogens with one attached hydrogen (secondary N) is 1. The summed E-state index contributed by atoms with van der Waals surface area (Å²) in [5.74, 6) is 6.27. The van der Waals surface area contributed by atoms with Crippen LogP contribution in [-0.4, -0.2) is 49.7 Å². The summed E-state index contributed by atoms with van der Waals surface area (Å²) in [5.41, 5.74) is 0.965. The van der Waals surface area contributed by atoms with Crippen molar-refractivity contribution in [2.24, 2.45) is 0 Å². The van der Waals surface area contributed by atoms with Crippen LogP contribution in [0, 0.1) is 18.8 Å². The van der Waals surface area contributed by atoms with Crippen molar-refractivity contribution in [2.75, 3.05) is 13.7 Å². The van der Waals surface area contributed by atoms with Crippen molar-refractivity contribution in [3.8, 4) is 11.8 Å². The number of aromatic nitrogens is 4. The molecule has 1 amide bonds. The maximum Gasteiger partial charge on any atom is 0.272 e. The highest BCUT2D eigenvalue weighted by Crippen LogP contribution is 2.05. The van der Waals surface area contributed by atoms with E-state index >= 15 is 0 Å². The van der Waals surface area contributed by atoms with Crippen molar-refractivity contribution in [2.45, 2.75) is 13.5 Å². The Hall–Kier alpha value is -2.72. The number of aromatic amines is 1. The standard InChI is InChI=1S/C14H15N5O2/c1-10-16-13(18-17-10)9-19(2)14(21)12-6-5-11(8-15-12)4-3-7-20/h5-6,8,20H,7,9H2,1-2H3,(H,16,17,18). The lowest BCUT2D eigenvalue weighted by molar-refractivity contribution is 0.0776. The number of carbonyl (C=O) groups excluding carboxylic acids is 1. The second-order valence-corrected chi connectivity index (χ2v) is 4.39. The largest absolute Gasteiger partial charge is 0.384 e. The number of H-pyrrole nitrogens is 1. The summed E-state index contributed by atoms with van der Waals surface area (Å²) in [6.07, 6.45) is 1.50. The Morgan fingerprint density at radius 1 is 1.48 bits per heavy atom. The molecule has 2 heterocycles. The van der Waals surface area contributed by atoms with Crippen LogP contribution >= 0.6 is 0 Å². The van der Waals surface area contributed by atoms with Gasteiger partial charge in [-0.2, -0.15) is 5.10 Å². The average molecular weight is 285 g/mol. The molecule has 2 aromatic heterocycles. The van der Waals surface area contributed by atoms with Gasteiger partial charge in [-0.3, -0.25) is 9.89 Å². The van der Waals surface area contributed by atoms with Crippen molar-refractivity contribution >= 4 is 5.91 Å². The van der Waals surface area contributed by atoms with E-state index < -0.39 is 0 Å². The zero-order valence-electron chi connectivity index (χ0n) is 11.8. The van der Waals surface area contributed by atoms with Crippen LogP contribution in [0.25, 0.3) is 0 Å². The van der Waals surface area contributed by atoms with Gasteiger partial charge in [-0.25, -0.2) is 9.97 Å². The molecule has 0 radical (unpaired) electrons. The molecule has 2 N–H and O–H groups in total. The minimum atomic E-state index is -0.223. The van der Waals surface area contributed by atoms with Crippen LogP contribution < -0.4 is 0 Å². The first-order valence-corrected chi connectivity index (χ1v) is 6.29. The third kappa shape index (κ3) is 3.87. The highest BCUT2D eigenvalue weighted by Gasteiger charge is 2.15. The van der Waals surface area contributed by atoms with Crippen LogP contribution in [-0.2, 0) is 6.54 Å². The predicted molar refractivity (Wildman–Crippen MR) is 75.1 cm³/mol. The summed E-state index contributed by atoms with van der Waals surface area (Å²) in [6, 6.07) is 3.29. The van der Waals surface area contributed by atoms with Crippen LogP contribution in [0.2, 0.25) is 0 Å². The number of aryl methyl sites for hydroxylation is 1. The maximum absolute atomic E-state index is 12.2. The lowest BCUT2D eigenvalue weighted by Crippen LogP contribution is -2.27. The molecule has 0 unspecified atom stereocenters. The third-order valence-electron chi connectivity index (χ3n) is 2.66. The van der Waals surface area contributed by atoms with Gasteiger partial charge in [0.25, 0.3) is 5.91 Å². The van der Waals surface area contributed by atoms with Gasteiger partial charge >= 0.3 is 0 Å². The molecular weight excluding hydrogens is 270 g/mol. The van der Waals surface area contributed by atoms with E-state index in [1.807, 2.05) is 0 Å². The fraction of sp³-hybridized carbons (Fsp3) is 0.286. The molecule has 7 nitrogen and oxygen atoms in total. The van der Waals surface area contributed by atoms with Gasteiger partial charge in [0.2, 0.25) is 0 Å². The van der Waals surface area contributed by atoms with Crippen molar-refractivity contribution < 1.29 is 9.90 Å². The van der Waals surface area contributed by atoms with Gasteiger partial charge in [0, 0.05) is 18.8 Å². The monoisotopic (exact) mass is 285 g/mol. The quantitative estimate of drug-likeness (QED) is 0.781. The molecule has 0 aliphatic carbocycles. The van der Waals surface area contributed by atoms with Crippen molar-refractivity contribution in [1.82, 2.24) is 25.1 Å². The topological polar surface area (TPSA) is 95.0 Å². The number of pyridine rings is 1. The predicted octanol–water partition coefficient (Wildman–Crippen LogP) is 0.124. The van der Waals surface area contributed by atoms with E-state index in [0.717, 1.165) is 0 Å². The SMILES string of the molecule is Cc1nc(CN(C)C(=O)c2ccc(C#CCO)cn2)n[nH]1. The van der Waals surface area contributed by atoms with E-state index in [-0.39, 0.29) is 12.5 Å². The Bertz CT molecular complexity index is 681. The minimum absolute atomic E-state index is 0.209. The molecule has 0 saturated heterocycles. The number of hydrogen-bond acceptors (Lipinski definition) is 5. The molecule has 0 aliphatic rings. The van der Waals surface area contributed by atoms with Gasteiger partial charge in [-0.15, -0.1) is 0 Å². The Morgan fingerprint density at radius 3 is 2.86 bits per heavy atom. The van der Waals surface area contributed by atoms with Crippen LogP contribution in [0.1, 0.15) is 27.7 Å². The van der Waals surface area contributed by atoms with Crippen LogP contribution in [0.3, 0.4) is 0 Å². The van der Waals surface area contributed by atoms with Crippen molar-refractivity contribution in [3.05, 3.63) is 41.2 Å². The molecule has 0 aromatic carbocycles. The molecule has 2 rings (SSSR count). The summed E-state index contributed by atoms with van der Waals surface area (Å²) in [5, 5.41) is 15.3. The smallest absolute Gasteiger partial charge is 0.272 e. The van der Waals surface area contributed by atoms with E-state index in [4.69, 9.17) is 5.11 Å². The normalized spacial score (nSPS) is 9.86. The van der Waals surface area contributed by atoms with E-state index in [0.29, 0.717) is 29.5 Å².